The highest BCUT2D eigenvalue weighted by Crippen LogP contribution is 2.35. The predicted molar refractivity (Wildman–Crippen MR) is 97.6 cm³/mol. The summed E-state index contributed by atoms with van der Waals surface area (Å²) in [5.74, 6) is -0.538. The molecule has 0 aliphatic carbocycles. The first-order valence-electron chi connectivity index (χ1n) is 8.44. The number of amides is 1. The maximum absolute atomic E-state index is 13.4. The van der Waals surface area contributed by atoms with Gasteiger partial charge in [0.1, 0.15) is 11.4 Å². The molecule has 0 unspecified atom stereocenters. The Morgan fingerprint density at radius 1 is 1.22 bits per heavy atom. The standard InChI is InChI=1S/C19H21FN2O5/c1-4-21(12-13-7-6-8-14(20)9-13)19(23)15-10-17(26-3)18(27-5-2)11-16(15)22(24)25/h6-11H,4-5,12H2,1-3H3. The number of hydrogen-bond donors (Lipinski definition) is 0. The first-order valence-corrected chi connectivity index (χ1v) is 8.44. The van der Waals surface area contributed by atoms with Gasteiger partial charge in [0.2, 0.25) is 0 Å². The Morgan fingerprint density at radius 3 is 2.52 bits per heavy atom. The summed E-state index contributed by atoms with van der Waals surface area (Å²) in [4.78, 5) is 25.2. The average Bonchev–Trinajstić information content (AvgIpc) is 2.65. The largest absolute Gasteiger partial charge is 0.493 e. The van der Waals surface area contributed by atoms with Crippen LogP contribution >= 0.6 is 0 Å². The van der Waals surface area contributed by atoms with Gasteiger partial charge in [0.15, 0.2) is 11.5 Å². The molecule has 0 atom stereocenters. The van der Waals surface area contributed by atoms with Gasteiger partial charge in [-0.3, -0.25) is 14.9 Å². The van der Waals surface area contributed by atoms with Crippen molar-refractivity contribution >= 4 is 11.6 Å². The van der Waals surface area contributed by atoms with Crippen molar-refractivity contribution in [3.63, 3.8) is 0 Å². The zero-order chi connectivity index (χ0) is 20.0. The lowest BCUT2D eigenvalue weighted by Gasteiger charge is -2.21. The number of carbonyl (C=O) groups excluding carboxylic acids is 1. The Kier molecular flexibility index (Phi) is 6.70. The molecule has 0 saturated carbocycles. The van der Waals surface area contributed by atoms with Gasteiger partial charge < -0.3 is 14.4 Å². The molecule has 1 amide bonds. The summed E-state index contributed by atoms with van der Waals surface area (Å²) in [7, 11) is 1.39. The number of nitro benzene ring substituents is 1. The van der Waals surface area contributed by atoms with Gasteiger partial charge in [0, 0.05) is 19.2 Å². The van der Waals surface area contributed by atoms with Gasteiger partial charge in [-0.15, -0.1) is 0 Å². The Morgan fingerprint density at radius 2 is 1.96 bits per heavy atom. The summed E-state index contributed by atoms with van der Waals surface area (Å²) < 4.78 is 24.0. The van der Waals surface area contributed by atoms with Crippen molar-refractivity contribution in [2.75, 3.05) is 20.3 Å². The second-order valence-electron chi connectivity index (χ2n) is 5.66. The first-order chi connectivity index (χ1) is 12.9. The zero-order valence-electron chi connectivity index (χ0n) is 15.4. The summed E-state index contributed by atoms with van der Waals surface area (Å²) >= 11 is 0. The van der Waals surface area contributed by atoms with Crippen LogP contribution in [0, 0.1) is 15.9 Å². The van der Waals surface area contributed by atoms with E-state index >= 15 is 0 Å². The summed E-state index contributed by atoms with van der Waals surface area (Å²) in [6.45, 7) is 4.19. The van der Waals surface area contributed by atoms with Crippen molar-refractivity contribution < 1.29 is 23.6 Å². The van der Waals surface area contributed by atoms with Gasteiger partial charge in [-0.1, -0.05) is 12.1 Å². The van der Waals surface area contributed by atoms with E-state index in [1.54, 1.807) is 26.0 Å². The highest BCUT2D eigenvalue weighted by molar-refractivity contribution is 5.99. The fraction of sp³-hybridized carbons (Fsp3) is 0.316. The molecule has 0 radical (unpaired) electrons. The van der Waals surface area contributed by atoms with E-state index < -0.39 is 16.6 Å². The zero-order valence-corrected chi connectivity index (χ0v) is 15.4. The van der Waals surface area contributed by atoms with E-state index in [-0.39, 0.29) is 29.3 Å². The molecule has 0 N–H and O–H groups in total. The molecule has 27 heavy (non-hydrogen) atoms. The van der Waals surface area contributed by atoms with Crippen LogP contribution < -0.4 is 9.47 Å². The van der Waals surface area contributed by atoms with Gasteiger partial charge in [0.25, 0.3) is 11.6 Å². The van der Waals surface area contributed by atoms with Crippen molar-refractivity contribution in [2.45, 2.75) is 20.4 Å². The van der Waals surface area contributed by atoms with Gasteiger partial charge in [-0.2, -0.15) is 0 Å². The average molecular weight is 376 g/mol. The van der Waals surface area contributed by atoms with Crippen LogP contribution in [-0.4, -0.2) is 36.0 Å². The maximum atomic E-state index is 13.4. The van der Waals surface area contributed by atoms with Crippen molar-refractivity contribution in [3.05, 3.63) is 63.5 Å². The normalized spacial score (nSPS) is 10.4. The molecular formula is C19H21FN2O5. The van der Waals surface area contributed by atoms with Crippen LogP contribution in [0.3, 0.4) is 0 Å². The number of carbonyl (C=O) groups is 1. The number of halogens is 1. The van der Waals surface area contributed by atoms with Crippen LogP contribution in [0.1, 0.15) is 29.8 Å². The SMILES string of the molecule is CCOc1cc([N+](=O)[O-])c(C(=O)N(CC)Cc2cccc(F)c2)cc1OC. The Balaban J connectivity index is 2.43. The lowest BCUT2D eigenvalue weighted by Crippen LogP contribution is -2.31. The second kappa shape index (κ2) is 8.98. The molecule has 0 aliphatic heterocycles. The van der Waals surface area contributed by atoms with E-state index in [9.17, 15) is 19.3 Å². The fourth-order valence-corrected chi connectivity index (χ4v) is 2.65. The van der Waals surface area contributed by atoms with Gasteiger partial charge >= 0.3 is 0 Å². The molecule has 0 bridgehead atoms. The molecule has 0 spiro atoms. The molecule has 0 aromatic heterocycles. The minimum Gasteiger partial charge on any atom is -0.493 e. The van der Waals surface area contributed by atoms with Gasteiger partial charge in [0.05, 0.1) is 24.7 Å². The fourth-order valence-electron chi connectivity index (χ4n) is 2.65. The third kappa shape index (κ3) is 4.72. The number of methoxy groups -OCH3 is 1. The number of nitrogens with zero attached hydrogens (tertiary/aromatic N) is 2. The number of ether oxygens (including phenoxy) is 2. The first kappa shape index (κ1) is 20.2. The van der Waals surface area contributed by atoms with Crippen molar-refractivity contribution in [3.8, 4) is 11.5 Å². The Labute approximate surface area is 156 Å². The van der Waals surface area contributed by atoms with E-state index in [2.05, 4.69) is 0 Å². The van der Waals surface area contributed by atoms with E-state index in [0.29, 0.717) is 18.7 Å². The number of hydrogen-bond acceptors (Lipinski definition) is 5. The molecule has 0 aliphatic rings. The quantitative estimate of drug-likeness (QED) is 0.517. The van der Waals surface area contributed by atoms with Crippen LogP contribution in [0.25, 0.3) is 0 Å². The van der Waals surface area contributed by atoms with Crippen LogP contribution in [0.2, 0.25) is 0 Å². The smallest absolute Gasteiger partial charge is 0.286 e. The topological polar surface area (TPSA) is 81.9 Å². The number of nitro groups is 1. The Bertz CT molecular complexity index is 841. The molecule has 2 rings (SSSR count). The van der Waals surface area contributed by atoms with Crippen LogP contribution in [-0.2, 0) is 6.54 Å². The van der Waals surface area contributed by atoms with Gasteiger partial charge in [-0.05, 0) is 31.5 Å². The molecule has 0 heterocycles. The summed E-state index contributed by atoms with van der Waals surface area (Å²) in [6, 6.07) is 8.36. The predicted octanol–water partition coefficient (Wildman–Crippen LogP) is 3.80. The number of benzene rings is 2. The molecular weight excluding hydrogens is 355 g/mol. The van der Waals surface area contributed by atoms with Crippen LogP contribution in [0.4, 0.5) is 10.1 Å². The monoisotopic (exact) mass is 376 g/mol. The molecule has 0 saturated heterocycles. The molecule has 8 heteroatoms. The summed E-state index contributed by atoms with van der Waals surface area (Å²) in [5.41, 5.74) is 0.103. The second-order valence-corrected chi connectivity index (χ2v) is 5.66. The molecule has 2 aromatic carbocycles. The molecule has 144 valence electrons. The maximum Gasteiger partial charge on any atom is 0.286 e. The number of rotatable bonds is 8. The van der Waals surface area contributed by atoms with Crippen molar-refractivity contribution in [1.29, 1.82) is 0 Å². The molecule has 7 nitrogen and oxygen atoms in total. The van der Waals surface area contributed by atoms with Crippen molar-refractivity contribution in [1.82, 2.24) is 4.90 Å². The molecule has 0 fully saturated rings. The Hall–Kier alpha value is -3.16. The van der Waals surface area contributed by atoms with E-state index in [0.717, 1.165) is 0 Å². The minimum absolute atomic E-state index is 0.112. The van der Waals surface area contributed by atoms with Crippen LogP contribution in [0.15, 0.2) is 36.4 Å². The lowest BCUT2D eigenvalue weighted by molar-refractivity contribution is -0.385. The highest BCUT2D eigenvalue weighted by atomic mass is 19.1. The third-order valence-corrected chi connectivity index (χ3v) is 3.94. The lowest BCUT2D eigenvalue weighted by atomic mass is 10.1. The highest BCUT2D eigenvalue weighted by Gasteiger charge is 2.27. The van der Waals surface area contributed by atoms with E-state index in [4.69, 9.17) is 9.47 Å². The van der Waals surface area contributed by atoms with E-state index in [1.165, 1.54) is 36.3 Å². The third-order valence-electron chi connectivity index (χ3n) is 3.94. The summed E-state index contributed by atoms with van der Waals surface area (Å²) in [5, 5.41) is 11.5. The van der Waals surface area contributed by atoms with Crippen molar-refractivity contribution in [2.24, 2.45) is 0 Å². The van der Waals surface area contributed by atoms with Gasteiger partial charge in [-0.25, -0.2) is 4.39 Å². The van der Waals surface area contributed by atoms with Crippen LogP contribution in [0.5, 0.6) is 11.5 Å². The van der Waals surface area contributed by atoms with E-state index in [1.807, 2.05) is 0 Å². The molecule has 2 aromatic rings. The minimum atomic E-state index is -0.634. The summed E-state index contributed by atoms with van der Waals surface area (Å²) in [6.07, 6.45) is 0.